The number of benzene rings is 1. The zero-order valence-corrected chi connectivity index (χ0v) is 10.6. The molecular weight excluding hydrogens is 252 g/mol. The summed E-state index contributed by atoms with van der Waals surface area (Å²) in [5.41, 5.74) is 3.44. The fourth-order valence-electron chi connectivity index (χ4n) is 2.54. The Morgan fingerprint density at radius 3 is 2.85 bits per heavy atom. The average Bonchev–Trinajstić information content (AvgIpc) is 2.91. The number of anilines is 1. The molecule has 5 heteroatoms. The predicted octanol–water partition coefficient (Wildman–Crippen LogP) is 2.19. The van der Waals surface area contributed by atoms with Gasteiger partial charge in [-0.05, 0) is 24.3 Å². The van der Waals surface area contributed by atoms with Crippen LogP contribution in [0.4, 0.5) is 5.69 Å². The number of para-hydroxylation sites is 1. The zero-order chi connectivity index (χ0) is 13.5. The molecule has 0 spiro atoms. The molecule has 1 aromatic carbocycles. The maximum Gasteiger partial charge on any atom is 0.255 e. The van der Waals surface area contributed by atoms with Crippen LogP contribution in [0.1, 0.15) is 22.1 Å². The van der Waals surface area contributed by atoms with Gasteiger partial charge in [0.1, 0.15) is 6.17 Å². The summed E-state index contributed by atoms with van der Waals surface area (Å²) in [5, 5.41) is 10.6. The van der Waals surface area contributed by atoms with Crippen molar-refractivity contribution in [2.75, 3.05) is 5.32 Å². The van der Waals surface area contributed by atoms with E-state index in [1.807, 2.05) is 48.7 Å². The van der Waals surface area contributed by atoms with Crippen LogP contribution < -0.4 is 10.6 Å². The quantitative estimate of drug-likeness (QED) is 0.708. The summed E-state index contributed by atoms with van der Waals surface area (Å²) in [6, 6.07) is 13.4. The van der Waals surface area contributed by atoms with Crippen molar-refractivity contribution in [3.63, 3.8) is 0 Å². The summed E-state index contributed by atoms with van der Waals surface area (Å²) in [5.74, 6) is -0.0698. The lowest BCUT2D eigenvalue weighted by molar-refractivity contribution is 0.0936. The van der Waals surface area contributed by atoms with Crippen molar-refractivity contribution in [2.45, 2.75) is 6.17 Å². The summed E-state index contributed by atoms with van der Waals surface area (Å²) in [6.07, 6.45) is 3.40. The van der Waals surface area contributed by atoms with Crippen LogP contribution in [0.2, 0.25) is 0 Å². The van der Waals surface area contributed by atoms with Crippen molar-refractivity contribution in [1.29, 1.82) is 0 Å². The van der Waals surface area contributed by atoms with Gasteiger partial charge >= 0.3 is 0 Å². The predicted molar refractivity (Wildman–Crippen MR) is 75.5 cm³/mol. The molecule has 2 aromatic heterocycles. The van der Waals surface area contributed by atoms with E-state index in [4.69, 9.17) is 0 Å². The van der Waals surface area contributed by atoms with Crippen LogP contribution in [0.3, 0.4) is 0 Å². The number of hydrogen-bond donors (Lipinski definition) is 2. The molecule has 0 bridgehead atoms. The first-order chi connectivity index (χ1) is 9.83. The fraction of sp³-hybridized carbons (Fsp3) is 0.0667. The highest BCUT2D eigenvalue weighted by Crippen LogP contribution is 2.27. The van der Waals surface area contributed by atoms with Crippen molar-refractivity contribution in [3.8, 4) is 0 Å². The highest BCUT2D eigenvalue weighted by molar-refractivity contribution is 6.01. The number of fused-ring (bicyclic) bond motifs is 2. The number of amides is 1. The third kappa shape index (κ3) is 1.56. The van der Waals surface area contributed by atoms with Gasteiger partial charge in [0.05, 0.1) is 17.3 Å². The summed E-state index contributed by atoms with van der Waals surface area (Å²) in [4.78, 5) is 12.1. The van der Waals surface area contributed by atoms with Gasteiger partial charge in [-0.3, -0.25) is 4.79 Å². The van der Waals surface area contributed by atoms with Gasteiger partial charge in [-0.2, -0.15) is 5.10 Å². The lowest BCUT2D eigenvalue weighted by Gasteiger charge is -2.27. The molecule has 2 N–H and O–H groups in total. The molecular formula is C15H12N4O. The van der Waals surface area contributed by atoms with Gasteiger partial charge in [-0.15, -0.1) is 0 Å². The highest BCUT2D eigenvalue weighted by atomic mass is 16.2. The molecule has 0 radical (unpaired) electrons. The first-order valence-corrected chi connectivity index (χ1v) is 6.41. The normalized spacial score (nSPS) is 17.4. The number of nitrogens with one attached hydrogen (secondary N) is 2. The lowest BCUT2D eigenvalue weighted by Crippen LogP contribution is -2.38. The van der Waals surface area contributed by atoms with E-state index in [1.165, 1.54) is 0 Å². The Morgan fingerprint density at radius 1 is 1.05 bits per heavy atom. The molecule has 5 nitrogen and oxygen atoms in total. The Labute approximate surface area is 115 Å². The Morgan fingerprint density at radius 2 is 1.90 bits per heavy atom. The molecule has 98 valence electrons. The summed E-state index contributed by atoms with van der Waals surface area (Å²) in [6.45, 7) is 0. The van der Waals surface area contributed by atoms with E-state index in [2.05, 4.69) is 15.7 Å². The molecule has 20 heavy (non-hydrogen) atoms. The molecule has 1 aliphatic rings. The van der Waals surface area contributed by atoms with E-state index in [0.29, 0.717) is 5.56 Å². The SMILES string of the molecule is O=C1NC(c2cnn3ccccc23)Nc2ccccc21. The minimum Gasteiger partial charge on any atom is -0.361 e. The monoisotopic (exact) mass is 264 g/mol. The highest BCUT2D eigenvalue weighted by Gasteiger charge is 2.26. The standard InChI is InChI=1S/C15H12N4O/c20-15-10-5-1-2-6-12(10)17-14(18-15)11-9-16-19-8-4-3-7-13(11)19/h1-9,14,17H,(H,18,20). The first-order valence-electron chi connectivity index (χ1n) is 6.41. The third-order valence-electron chi connectivity index (χ3n) is 3.51. The summed E-state index contributed by atoms with van der Waals surface area (Å²) in [7, 11) is 0. The van der Waals surface area contributed by atoms with E-state index in [-0.39, 0.29) is 12.1 Å². The molecule has 1 atom stereocenters. The average molecular weight is 264 g/mol. The van der Waals surface area contributed by atoms with E-state index in [0.717, 1.165) is 16.8 Å². The molecule has 4 rings (SSSR count). The second-order valence-corrected chi connectivity index (χ2v) is 4.73. The van der Waals surface area contributed by atoms with E-state index in [1.54, 1.807) is 10.7 Å². The van der Waals surface area contributed by atoms with Crippen molar-refractivity contribution in [2.24, 2.45) is 0 Å². The Kier molecular flexibility index (Phi) is 2.26. The minimum atomic E-state index is -0.266. The number of rotatable bonds is 1. The molecule has 0 aliphatic carbocycles. The van der Waals surface area contributed by atoms with Crippen LogP contribution in [-0.2, 0) is 0 Å². The second-order valence-electron chi connectivity index (χ2n) is 4.73. The molecule has 1 amide bonds. The van der Waals surface area contributed by atoms with Gasteiger partial charge in [0, 0.05) is 17.4 Å². The van der Waals surface area contributed by atoms with Crippen LogP contribution in [-0.4, -0.2) is 15.5 Å². The Bertz CT molecular complexity index is 808. The second kappa shape index (κ2) is 4.09. The topological polar surface area (TPSA) is 58.4 Å². The lowest BCUT2D eigenvalue weighted by atomic mass is 10.1. The molecule has 0 saturated heterocycles. The Hall–Kier alpha value is -2.82. The van der Waals surface area contributed by atoms with Gasteiger partial charge in [0.25, 0.3) is 5.91 Å². The van der Waals surface area contributed by atoms with Crippen LogP contribution >= 0.6 is 0 Å². The van der Waals surface area contributed by atoms with Crippen LogP contribution in [0.5, 0.6) is 0 Å². The smallest absolute Gasteiger partial charge is 0.255 e. The van der Waals surface area contributed by atoms with Gasteiger partial charge in [-0.25, -0.2) is 4.52 Å². The van der Waals surface area contributed by atoms with Crippen molar-refractivity contribution < 1.29 is 4.79 Å². The van der Waals surface area contributed by atoms with Crippen molar-refractivity contribution in [3.05, 3.63) is 66.0 Å². The number of nitrogens with zero attached hydrogens (tertiary/aromatic N) is 2. The van der Waals surface area contributed by atoms with Crippen LogP contribution in [0.25, 0.3) is 5.52 Å². The molecule has 1 unspecified atom stereocenters. The number of hydrogen-bond acceptors (Lipinski definition) is 3. The van der Waals surface area contributed by atoms with Crippen molar-refractivity contribution >= 4 is 17.1 Å². The number of carbonyl (C=O) groups is 1. The minimum absolute atomic E-state index is 0.0698. The third-order valence-corrected chi connectivity index (χ3v) is 3.51. The van der Waals surface area contributed by atoms with Gasteiger partial charge in [-0.1, -0.05) is 18.2 Å². The van der Waals surface area contributed by atoms with Gasteiger partial charge in [0.15, 0.2) is 0 Å². The number of aromatic nitrogens is 2. The van der Waals surface area contributed by atoms with Gasteiger partial charge in [0.2, 0.25) is 0 Å². The maximum atomic E-state index is 12.1. The first kappa shape index (κ1) is 11.0. The van der Waals surface area contributed by atoms with Crippen LogP contribution in [0.15, 0.2) is 54.9 Å². The zero-order valence-electron chi connectivity index (χ0n) is 10.6. The molecule has 1 aliphatic heterocycles. The summed E-state index contributed by atoms with van der Waals surface area (Å²) < 4.78 is 1.80. The van der Waals surface area contributed by atoms with E-state index < -0.39 is 0 Å². The number of pyridine rings is 1. The van der Waals surface area contributed by atoms with Crippen LogP contribution in [0, 0.1) is 0 Å². The van der Waals surface area contributed by atoms with E-state index >= 15 is 0 Å². The molecule has 0 saturated carbocycles. The molecule has 3 aromatic rings. The molecule has 3 heterocycles. The van der Waals surface area contributed by atoms with Gasteiger partial charge < -0.3 is 10.6 Å². The van der Waals surface area contributed by atoms with Crippen molar-refractivity contribution in [1.82, 2.24) is 14.9 Å². The fourth-order valence-corrected chi connectivity index (χ4v) is 2.54. The Balaban J connectivity index is 1.80. The molecule has 0 fully saturated rings. The largest absolute Gasteiger partial charge is 0.361 e. The van der Waals surface area contributed by atoms with E-state index in [9.17, 15) is 4.79 Å². The maximum absolute atomic E-state index is 12.1. The summed E-state index contributed by atoms with van der Waals surface area (Å²) >= 11 is 0. The number of carbonyl (C=O) groups excluding carboxylic acids is 1.